The third kappa shape index (κ3) is 2.56. The number of rotatable bonds is 3. The van der Waals surface area contributed by atoms with Gasteiger partial charge in [-0.2, -0.15) is 0 Å². The van der Waals surface area contributed by atoms with Gasteiger partial charge in [0.2, 0.25) is 0 Å². The Morgan fingerprint density at radius 2 is 2.00 bits per heavy atom. The van der Waals surface area contributed by atoms with Gasteiger partial charge in [0.05, 0.1) is 16.6 Å². The maximum atomic E-state index is 12.3. The van der Waals surface area contributed by atoms with E-state index in [-0.39, 0.29) is 11.6 Å². The first-order valence-corrected chi connectivity index (χ1v) is 7.17. The van der Waals surface area contributed by atoms with Crippen LogP contribution in [0.5, 0.6) is 0 Å². The molecule has 4 aromatic rings. The molecule has 0 aliphatic carbocycles. The van der Waals surface area contributed by atoms with Gasteiger partial charge in [-0.3, -0.25) is 9.36 Å². The third-order valence-corrected chi connectivity index (χ3v) is 3.55. The largest absolute Gasteiger partial charge is 0.323 e. The van der Waals surface area contributed by atoms with E-state index in [0.717, 1.165) is 0 Å². The van der Waals surface area contributed by atoms with Crippen molar-refractivity contribution in [1.82, 2.24) is 24.5 Å². The summed E-state index contributed by atoms with van der Waals surface area (Å²) in [5.41, 5.74) is 2.05. The van der Waals surface area contributed by atoms with E-state index in [4.69, 9.17) is 0 Å². The van der Waals surface area contributed by atoms with Gasteiger partial charge in [0.15, 0.2) is 0 Å². The molecule has 0 bridgehead atoms. The lowest BCUT2D eigenvalue weighted by atomic mass is 10.2. The van der Waals surface area contributed by atoms with Gasteiger partial charge in [0.1, 0.15) is 12.1 Å². The third-order valence-electron chi connectivity index (χ3n) is 3.55. The Morgan fingerprint density at radius 3 is 2.75 bits per heavy atom. The average molecular weight is 320 g/mol. The first kappa shape index (κ1) is 13.9. The van der Waals surface area contributed by atoms with Crippen LogP contribution in [0, 0.1) is 0 Å². The fourth-order valence-electron chi connectivity index (χ4n) is 2.38. The van der Waals surface area contributed by atoms with Crippen molar-refractivity contribution < 1.29 is 4.79 Å². The number of aromatic amines is 2. The summed E-state index contributed by atoms with van der Waals surface area (Å²) in [5.74, 6) is 0.396. The molecule has 4 rings (SSSR count). The molecule has 1 amide bonds. The number of hydrogen-bond acceptors (Lipinski definition) is 4. The number of anilines is 1. The fraction of sp³-hybridized carbons (Fsp3) is 0. The predicted molar refractivity (Wildman–Crippen MR) is 88.2 cm³/mol. The SMILES string of the molecule is O=C(Nc1ccc2[nH]c(=O)[nH]c2c1)c1ccc(-n2ccnc2)nc1. The summed E-state index contributed by atoms with van der Waals surface area (Å²) in [6, 6.07) is 8.57. The number of carbonyl (C=O) groups excluding carboxylic acids is 1. The van der Waals surface area contributed by atoms with Crippen LogP contribution < -0.4 is 11.0 Å². The first-order chi connectivity index (χ1) is 11.7. The van der Waals surface area contributed by atoms with Crippen molar-refractivity contribution >= 4 is 22.6 Å². The maximum Gasteiger partial charge on any atom is 0.323 e. The van der Waals surface area contributed by atoms with E-state index in [2.05, 4.69) is 25.3 Å². The standard InChI is InChI=1S/C16H12N6O2/c23-15(10-1-4-14(18-8-10)22-6-5-17-9-22)19-11-2-3-12-13(7-11)21-16(24)20-12/h1-9H,(H,19,23)(H2,20,21,24). The monoisotopic (exact) mass is 320 g/mol. The minimum Gasteiger partial charge on any atom is -0.322 e. The highest BCUT2D eigenvalue weighted by Gasteiger charge is 2.08. The van der Waals surface area contributed by atoms with Gasteiger partial charge in [0.25, 0.3) is 5.91 Å². The van der Waals surface area contributed by atoms with Gasteiger partial charge >= 0.3 is 5.69 Å². The molecule has 0 aliphatic rings. The van der Waals surface area contributed by atoms with E-state index in [9.17, 15) is 9.59 Å². The lowest BCUT2D eigenvalue weighted by Crippen LogP contribution is -2.12. The summed E-state index contributed by atoms with van der Waals surface area (Å²) in [4.78, 5) is 37.1. The van der Waals surface area contributed by atoms with Crippen molar-refractivity contribution in [2.24, 2.45) is 0 Å². The highest BCUT2D eigenvalue weighted by Crippen LogP contribution is 2.15. The quantitative estimate of drug-likeness (QED) is 0.533. The van der Waals surface area contributed by atoms with Crippen molar-refractivity contribution in [2.45, 2.75) is 0 Å². The number of hydrogen-bond donors (Lipinski definition) is 3. The number of amides is 1. The molecule has 0 fully saturated rings. The summed E-state index contributed by atoms with van der Waals surface area (Å²) in [7, 11) is 0. The number of H-pyrrole nitrogens is 2. The second-order valence-corrected chi connectivity index (χ2v) is 5.17. The Balaban J connectivity index is 1.55. The van der Waals surface area contributed by atoms with Crippen LogP contribution in [-0.2, 0) is 0 Å². The Hall–Kier alpha value is -3.68. The topological polar surface area (TPSA) is 108 Å². The highest BCUT2D eigenvalue weighted by atomic mass is 16.2. The summed E-state index contributed by atoms with van der Waals surface area (Å²) >= 11 is 0. The molecule has 3 aromatic heterocycles. The molecule has 0 aliphatic heterocycles. The normalized spacial score (nSPS) is 10.8. The van der Waals surface area contributed by atoms with Crippen LogP contribution in [0.25, 0.3) is 16.9 Å². The van der Waals surface area contributed by atoms with Crippen LogP contribution in [0.3, 0.4) is 0 Å². The number of nitrogens with zero attached hydrogens (tertiary/aromatic N) is 3. The number of carbonyl (C=O) groups is 1. The van der Waals surface area contributed by atoms with Crippen LogP contribution in [0.4, 0.5) is 5.69 Å². The summed E-state index contributed by atoms with van der Waals surface area (Å²) in [6.07, 6.45) is 6.56. The minimum absolute atomic E-state index is 0.281. The van der Waals surface area contributed by atoms with Crippen LogP contribution in [0.1, 0.15) is 10.4 Å². The molecule has 24 heavy (non-hydrogen) atoms. The molecule has 0 saturated carbocycles. The Bertz CT molecular complexity index is 1060. The second kappa shape index (κ2) is 5.51. The average Bonchev–Trinajstić information content (AvgIpc) is 3.23. The zero-order chi connectivity index (χ0) is 16.5. The minimum atomic E-state index is -0.284. The van der Waals surface area contributed by atoms with Gasteiger partial charge < -0.3 is 15.3 Å². The number of imidazole rings is 2. The van der Waals surface area contributed by atoms with E-state index in [1.54, 1.807) is 53.6 Å². The Morgan fingerprint density at radius 1 is 1.12 bits per heavy atom. The zero-order valence-corrected chi connectivity index (χ0v) is 12.4. The molecule has 0 saturated heterocycles. The molecule has 0 radical (unpaired) electrons. The Kier molecular flexibility index (Phi) is 3.20. The predicted octanol–water partition coefficient (Wildman–Crippen LogP) is 1.69. The van der Waals surface area contributed by atoms with Crippen LogP contribution in [0.2, 0.25) is 0 Å². The molecular weight excluding hydrogens is 308 g/mol. The van der Waals surface area contributed by atoms with Crippen LogP contribution in [0.15, 0.2) is 60.0 Å². The number of pyridine rings is 1. The molecule has 0 unspecified atom stereocenters. The summed E-state index contributed by atoms with van der Waals surface area (Å²) < 4.78 is 1.75. The van der Waals surface area contributed by atoms with E-state index in [0.29, 0.717) is 28.1 Å². The van der Waals surface area contributed by atoms with Gasteiger partial charge in [-0.1, -0.05) is 0 Å². The smallest absolute Gasteiger partial charge is 0.322 e. The second-order valence-electron chi connectivity index (χ2n) is 5.17. The van der Waals surface area contributed by atoms with E-state index in [1.807, 2.05) is 0 Å². The molecule has 1 aromatic carbocycles. The summed E-state index contributed by atoms with van der Waals surface area (Å²) in [6.45, 7) is 0. The molecule has 8 heteroatoms. The van der Waals surface area contributed by atoms with Crippen LogP contribution >= 0.6 is 0 Å². The molecule has 3 N–H and O–H groups in total. The van der Waals surface area contributed by atoms with Gasteiger partial charge in [-0.15, -0.1) is 0 Å². The van der Waals surface area contributed by atoms with Crippen molar-refractivity contribution in [3.8, 4) is 5.82 Å². The molecule has 0 atom stereocenters. The fourth-order valence-corrected chi connectivity index (χ4v) is 2.38. The maximum absolute atomic E-state index is 12.3. The van der Waals surface area contributed by atoms with Crippen molar-refractivity contribution in [3.63, 3.8) is 0 Å². The van der Waals surface area contributed by atoms with Gasteiger partial charge in [-0.05, 0) is 30.3 Å². The van der Waals surface area contributed by atoms with Crippen molar-refractivity contribution in [3.05, 3.63) is 71.3 Å². The van der Waals surface area contributed by atoms with Gasteiger partial charge in [-0.25, -0.2) is 14.8 Å². The van der Waals surface area contributed by atoms with Crippen molar-refractivity contribution in [2.75, 3.05) is 5.32 Å². The number of aromatic nitrogens is 5. The van der Waals surface area contributed by atoms with E-state index in [1.165, 1.54) is 6.20 Å². The summed E-state index contributed by atoms with van der Waals surface area (Å²) in [5, 5.41) is 2.78. The Labute approximate surface area is 135 Å². The molecule has 118 valence electrons. The van der Waals surface area contributed by atoms with Gasteiger partial charge in [0, 0.05) is 24.3 Å². The zero-order valence-electron chi connectivity index (χ0n) is 12.4. The highest BCUT2D eigenvalue weighted by molar-refractivity contribution is 6.04. The lowest BCUT2D eigenvalue weighted by molar-refractivity contribution is 0.102. The van der Waals surface area contributed by atoms with Crippen molar-refractivity contribution in [1.29, 1.82) is 0 Å². The lowest BCUT2D eigenvalue weighted by Gasteiger charge is -2.06. The molecular formula is C16H12N6O2. The molecule has 3 heterocycles. The first-order valence-electron chi connectivity index (χ1n) is 7.17. The van der Waals surface area contributed by atoms with E-state index >= 15 is 0 Å². The number of fused-ring (bicyclic) bond motifs is 1. The number of nitrogens with one attached hydrogen (secondary N) is 3. The molecule has 0 spiro atoms. The number of benzene rings is 1. The van der Waals surface area contributed by atoms with Crippen LogP contribution in [-0.4, -0.2) is 30.4 Å². The molecule has 8 nitrogen and oxygen atoms in total. The van der Waals surface area contributed by atoms with E-state index < -0.39 is 0 Å².